The third-order valence-corrected chi connectivity index (χ3v) is 3.99. The van der Waals surface area contributed by atoms with Gasteiger partial charge in [-0.2, -0.15) is 0 Å². The van der Waals surface area contributed by atoms with Crippen LogP contribution in [0.5, 0.6) is 0 Å². The van der Waals surface area contributed by atoms with E-state index >= 15 is 0 Å². The van der Waals surface area contributed by atoms with Crippen molar-refractivity contribution < 1.29 is 15.0 Å². The fourth-order valence-corrected chi connectivity index (χ4v) is 2.64. The topological polar surface area (TPSA) is 57.5 Å². The number of aliphatic carboxylic acids is 1. The zero-order valence-corrected chi connectivity index (χ0v) is 11.1. The predicted molar refractivity (Wildman–Crippen MR) is 67.7 cm³/mol. The van der Waals surface area contributed by atoms with Crippen molar-refractivity contribution in [3.8, 4) is 0 Å². The van der Waals surface area contributed by atoms with Crippen LogP contribution < -0.4 is 0 Å². The van der Waals surface area contributed by atoms with Crippen molar-refractivity contribution in [2.24, 2.45) is 17.3 Å². The molecule has 0 spiro atoms. The van der Waals surface area contributed by atoms with E-state index in [1.165, 1.54) is 0 Å². The molecule has 0 aromatic rings. The minimum absolute atomic E-state index is 0.0669. The van der Waals surface area contributed by atoms with Crippen LogP contribution in [0.3, 0.4) is 0 Å². The number of carboxylic acid groups (broad SMARTS) is 1. The van der Waals surface area contributed by atoms with E-state index < -0.39 is 5.97 Å². The third-order valence-electron chi connectivity index (χ3n) is 3.99. The molecule has 0 heterocycles. The van der Waals surface area contributed by atoms with E-state index in [-0.39, 0.29) is 23.0 Å². The van der Waals surface area contributed by atoms with Gasteiger partial charge in [-0.3, -0.25) is 0 Å². The van der Waals surface area contributed by atoms with Gasteiger partial charge in [0.1, 0.15) is 0 Å². The minimum Gasteiger partial charge on any atom is -0.478 e. The minimum atomic E-state index is -0.949. The summed E-state index contributed by atoms with van der Waals surface area (Å²) < 4.78 is 0. The van der Waals surface area contributed by atoms with Gasteiger partial charge in [-0.15, -0.1) is 0 Å². The zero-order valence-electron chi connectivity index (χ0n) is 11.1. The van der Waals surface area contributed by atoms with Crippen LogP contribution in [0.25, 0.3) is 0 Å². The van der Waals surface area contributed by atoms with Crippen molar-refractivity contribution in [3.63, 3.8) is 0 Å². The summed E-state index contributed by atoms with van der Waals surface area (Å²) in [5, 5.41) is 18.9. The summed E-state index contributed by atoms with van der Waals surface area (Å²) in [7, 11) is 0. The summed E-state index contributed by atoms with van der Waals surface area (Å²) in [6, 6.07) is 0. The molecule has 1 fully saturated rings. The Bertz CT molecular complexity index is 301. The van der Waals surface area contributed by atoms with Crippen LogP contribution in [0.15, 0.2) is 12.2 Å². The number of rotatable bonds is 3. The second-order valence-electron chi connectivity index (χ2n) is 6.32. The van der Waals surface area contributed by atoms with Crippen molar-refractivity contribution >= 4 is 5.97 Å². The maximum Gasteiger partial charge on any atom is 0.330 e. The molecule has 0 aromatic heterocycles. The highest BCUT2D eigenvalue weighted by molar-refractivity contribution is 5.85. The van der Waals surface area contributed by atoms with E-state index in [0.29, 0.717) is 12.3 Å². The molecule has 3 atom stereocenters. The number of aliphatic hydroxyl groups is 1. The predicted octanol–water partition coefficient (Wildman–Crippen LogP) is 2.84. The summed E-state index contributed by atoms with van der Waals surface area (Å²) in [5.41, 5.74) is 0.429. The lowest BCUT2D eigenvalue weighted by molar-refractivity contribution is -0.133. The fraction of sp³-hybridized carbons (Fsp3) is 0.786. The van der Waals surface area contributed by atoms with E-state index in [0.717, 1.165) is 19.3 Å². The zero-order chi connectivity index (χ0) is 13.2. The highest BCUT2D eigenvalue weighted by Crippen LogP contribution is 2.41. The van der Waals surface area contributed by atoms with Crippen LogP contribution in [0.2, 0.25) is 0 Å². The smallest absolute Gasteiger partial charge is 0.330 e. The molecule has 98 valence electrons. The highest BCUT2D eigenvalue weighted by atomic mass is 16.4. The summed E-state index contributed by atoms with van der Waals surface area (Å²) in [6.07, 6.45) is 2.77. The molecule has 1 aliphatic carbocycles. The van der Waals surface area contributed by atoms with Gasteiger partial charge >= 0.3 is 5.97 Å². The standard InChI is InChI=1S/C14H24O3/c1-9(13(16)17)7-10-5-6-11(8-12(10)15)14(2,3)4/h10-12,15H,1,5-8H2,2-4H3,(H,16,17). The number of carboxylic acids is 1. The average Bonchev–Trinajstić information content (AvgIpc) is 2.19. The van der Waals surface area contributed by atoms with Crippen molar-refractivity contribution in [3.05, 3.63) is 12.2 Å². The first-order valence-electron chi connectivity index (χ1n) is 6.31. The lowest BCUT2D eigenvalue weighted by Gasteiger charge is -2.39. The van der Waals surface area contributed by atoms with Crippen LogP contribution in [-0.4, -0.2) is 22.3 Å². The van der Waals surface area contributed by atoms with Gasteiger partial charge in [-0.05, 0) is 42.9 Å². The Morgan fingerprint density at radius 2 is 1.94 bits per heavy atom. The van der Waals surface area contributed by atoms with Gasteiger partial charge < -0.3 is 10.2 Å². The quantitative estimate of drug-likeness (QED) is 0.746. The largest absolute Gasteiger partial charge is 0.478 e. The Kier molecular flexibility index (Phi) is 4.36. The number of hydrogen-bond acceptors (Lipinski definition) is 2. The van der Waals surface area contributed by atoms with Crippen LogP contribution >= 0.6 is 0 Å². The molecular formula is C14H24O3. The molecule has 0 aromatic carbocycles. The van der Waals surface area contributed by atoms with Gasteiger partial charge in [0.2, 0.25) is 0 Å². The maximum atomic E-state index is 10.7. The second kappa shape index (κ2) is 5.21. The Labute approximate surface area is 104 Å². The Balaban J connectivity index is 2.54. The van der Waals surface area contributed by atoms with Gasteiger partial charge in [0.25, 0.3) is 0 Å². The van der Waals surface area contributed by atoms with E-state index in [2.05, 4.69) is 27.4 Å². The maximum absolute atomic E-state index is 10.7. The molecule has 3 heteroatoms. The second-order valence-corrected chi connectivity index (χ2v) is 6.32. The molecule has 0 radical (unpaired) electrons. The van der Waals surface area contributed by atoms with Crippen molar-refractivity contribution in [2.75, 3.05) is 0 Å². The van der Waals surface area contributed by atoms with Crippen LogP contribution in [-0.2, 0) is 4.79 Å². The SMILES string of the molecule is C=C(CC1CCC(C(C)(C)C)CC1O)C(=O)O. The van der Waals surface area contributed by atoms with Crippen molar-refractivity contribution in [2.45, 2.75) is 52.6 Å². The molecule has 2 N–H and O–H groups in total. The third kappa shape index (κ3) is 3.84. The molecule has 1 aliphatic rings. The molecule has 3 nitrogen and oxygen atoms in total. The Hall–Kier alpha value is -0.830. The molecule has 0 saturated heterocycles. The van der Waals surface area contributed by atoms with Crippen LogP contribution in [0.4, 0.5) is 0 Å². The van der Waals surface area contributed by atoms with E-state index in [9.17, 15) is 9.90 Å². The molecule has 0 aliphatic heterocycles. The molecule has 0 amide bonds. The first-order chi connectivity index (χ1) is 7.71. The number of aliphatic hydroxyl groups excluding tert-OH is 1. The molecule has 3 unspecified atom stereocenters. The first-order valence-corrected chi connectivity index (χ1v) is 6.31. The monoisotopic (exact) mass is 240 g/mol. The summed E-state index contributed by atoms with van der Waals surface area (Å²) >= 11 is 0. The van der Waals surface area contributed by atoms with Gasteiger partial charge in [0.15, 0.2) is 0 Å². The van der Waals surface area contributed by atoms with Gasteiger partial charge in [-0.1, -0.05) is 27.4 Å². The van der Waals surface area contributed by atoms with Gasteiger partial charge in [0.05, 0.1) is 6.10 Å². The average molecular weight is 240 g/mol. The van der Waals surface area contributed by atoms with Crippen LogP contribution in [0.1, 0.15) is 46.5 Å². The fourth-order valence-electron chi connectivity index (χ4n) is 2.64. The molecule has 17 heavy (non-hydrogen) atoms. The number of carbonyl (C=O) groups is 1. The molecule has 1 rings (SSSR count). The van der Waals surface area contributed by atoms with Gasteiger partial charge in [0, 0.05) is 5.57 Å². The molecular weight excluding hydrogens is 216 g/mol. The van der Waals surface area contributed by atoms with Gasteiger partial charge in [-0.25, -0.2) is 4.79 Å². The van der Waals surface area contributed by atoms with E-state index in [4.69, 9.17) is 5.11 Å². The lowest BCUT2D eigenvalue weighted by atomic mass is 9.68. The Morgan fingerprint density at radius 1 is 1.35 bits per heavy atom. The highest BCUT2D eigenvalue weighted by Gasteiger charge is 2.35. The molecule has 1 saturated carbocycles. The molecule has 0 bridgehead atoms. The first kappa shape index (κ1) is 14.2. The van der Waals surface area contributed by atoms with Crippen molar-refractivity contribution in [1.82, 2.24) is 0 Å². The summed E-state index contributed by atoms with van der Waals surface area (Å²) in [5.74, 6) is -0.362. The number of hydrogen-bond donors (Lipinski definition) is 2. The van der Waals surface area contributed by atoms with E-state index in [1.54, 1.807) is 0 Å². The lowest BCUT2D eigenvalue weighted by Crippen LogP contribution is -2.35. The van der Waals surface area contributed by atoms with Crippen LogP contribution in [0, 0.1) is 17.3 Å². The summed E-state index contributed by atoms with van der Waals surface area (Å²) in [6.45, 7) is 10.1. The normalized spacial score (nSPS) is 30.0. The van der Waals surface area contributed by atoms with Crippen molar-refractivity contribution in [1.29, 1.82) is 0 Å². The summed E-state index contributed by atoms with van der Waals surface area (Å²) in [4.78, 5) is 10.7. The van der Waals surface area contributed by atoms with E-state index in [1.807, 2.05) is 0 Å². The Morgan fingerprint density at radius 3 is 2.35 bits per heavy atom.